The van der Waals surface area contributed by atoms with E-state index in [0.717, 1.165) is 18.8 Å². The molecule has 0 spiro atoms. The molecule has 1 saturated carbocycles. The molecule has 1 atom stereocenters. The van der Waals surface area contributed by atoms with E-state index in [-0.39, 0.29) is 6.04 Å². The summed E-state index contributed by atoms with van der Waals surface area (Å²) in [6.07, 6.45) is 7.13. The minimum Gasteiger partial charge on any atom is -0.335 e. The number of hydrogen-bond donors (Lipinski definition) is 1. The molecule has 0 radical (unpaired) electrons. The quantitative estimate of drug-likeness (QED) is 0.816. The van der Waals surface area contributed by atoms with Crippen molar-refractivity contribution in [2.24, 2.45) is 0 Å². The van der Waals surface area contributed by atoms with Gasteiger partial charge in [0, 0.05) is 30.9 Å². The van der Waals surface area contributed by atoms with Gasteiger partial charge in [-0.05, 0) is 19.3 Å². The summed E-state index contributed by atoms with van der Waals surface area (Å²) >= 11 is 0. The first-order valence-electron chi connectivity index (χ1n) is 6.37. The average Bonchev–Trinajstić information content (AvgIpc) is 2.99. The molecule has 1 aromatic rings. The van der Waals surface area contributed by atoms with E-state index in [2.05, 4.69) is 34.8 Å². The number of nitrogens with one attached hydrogen (secondary N) is 1. The maximum absolute atomic E-state index is 9.07. The first-order valence-corrected chi connectivity index (χ1v) is 6.37. The van der Waals surface area contributed by atoms with Gasteiger partial charge in [-0.25, -0.2) is 4.98 Å². The van der Waals surface area contributed by atoms with Crippen LogP contribution in [0.15, 0.2) is 12.4 Å². The van der Waals surface area contributed by atoms with Crippen molar-refractivity contribution in [3.63, 3.8) is 0 Å². The highest BCUT2D eigenvalue weighted by Crippen LogP contribution is 2.20. The molecular formula is C13H20N4. The molecular weight excluding hydrogens is 212 g/mol. The molecule has 4 heteroatoms. The van der Waals surface area contributed by atoms with E-state index in [1.165, 1.54) is 12.8 Å². The molecule has 2 rings (SSSR count). The molecule has 1 unspecified atom stereocenters. The molecule has 0 amide bonds. The Morgan fingerprint density at radius 1 is 1.59 bits per heavy atom. The summed E-state index contributed by atoms with van der Waals surface area (Å²) in [4.78, 5) is 4.35. The second kappa shape index (κ2) is 5.33. The van der Waals surface area contributed by atoms with Crippen molar-refractivity contribution in [2.75, 3.05) is 0 Å². The molecule has 0 saturated heterocycles. The molecule has 1 fully saturated rings. The molecule has 17 heavy (non-hydrogen) atoms. The van der Waals surface area contributed by atoms with E-state index in [1.807, 2.05) is 12.4 Å². The van der Waals surface area contributed by atoms with E-state index in [0.29, 0.717) is 12.0 Å². The van der Waals surface area contributed by atoms with Crippen LogP contribution >= 0.6 is 0 Å². The SMILES string of the molecule is CC(C)c1nccn1CCC(C#N)NC1CC1. The van der Waals surface area contributed by atoms with Crippen molar-refractivity contribution in [2.45, 2.75) is 57.7 Å². The van der Waals surface area contributed by atoms with Crippen LogP contribution in [0.2, 0.25) is 0 Å². The molecule has 1 aliphatic rings. The van der Waals surface area contributed by atoms with Gasteiger partial charge in [-0.3, -0.25) is 5.32 Å². The Bertz CT molecular complexity index is 398. The van der Waals surface area contributed by atoms with Gasteiger partial charge in [0.2, 0.25) is 0 Å². The molecule has 1 heterocycles. The van der Waals surface area contributed by atoms with Gasteiger partial charge in [0.15, 0.2) is 0 Å². The van der Waals surface area contributed by atoms with Gasteiger partial charge in [-0.1, -0.05) is 13.8 Å². The fourth-order valence-corrected chi connectivity index (χ4v) is 2.00. The van der Waals surface area contributed by atoms with Crippen LogP contribution in [0.4, 0.5) is 0 Å². The van der Waals surface area contributed by atoms with E-state index in [1.54, 1.807) is 0 Å². The second-order valence-corrected chi connectivity index (χ2v) is 5.04. The third-order valence-electron chi connectivity index (χ3n) is 3.09. The zero-order valence-electron chi connectivity index (χ0n) is 10.6. The Morgan fingerprint density at radius 2 is 2.35 bits per heavy atom. The van der Waals surface area contributed by atoms with E-state index in [4.69, 9.17) is 5.26 Å². The Kier molecular flexibility index (Phi) is 3.80. The van der Waals surface area contributed by atoms with Gasteiger partial charge < -0.3 is 4.57 Å². The van der Waals surface area contributed by atoms with Gasteiger partial charge in [-0.2, -0.15) is 5.26 Å². The smallest absolute Gasteiger partial charge is 0.111 e. The molecule has 0 bridgehead atoms. The van der Waals surface area contributed by atoms with Crippen LogP contribution in [0, 0.1) is 11.3 Å². The fraction of sp³-hybridized carbons (Fsp3) is 0.692. The zero-order chi connectivity index (χ0) is 12.3. The molecule has 0 aromatic carbocycles. The van der Waals surface area contributed by atoms with Crippen molar-refractivity contribution < 1.29 is 0 Å². The maximum atomic E-state index is 9.07. The zero-order valence-corrected chi connectivity index (χ0v) is 10.6. The summed E-state index contributed by atoms with van der Waals surface area (Å²) in [5.41, 5.74) is 0. The lowest BCUT2D eigenvalue weighted by molar-refractivity contribution is 0.500. The summed E-state index contributed by atoms with van der Waals surface area (Å²) in [5.74, 6) is 1.54. The Hall–Kier alpha value is -1.34. The van der Waals surface area contributed by atoms with Gasteiger partial charge >= 0.3 is 0 Å². The fourth-order valence-electron chi connectivity index (χ4n) is 2.00. The van der Waals surface area contributed by atoms with Crippen LogP contribution in [0.3, 0.4) is 0 Å². The molecule has 1 N–H and O–H groups in total. The van der Waals surface area contributed by atoms with Crippen LogP contribution < -0.4 is 5.32 Å². The molecule has 1 aromatic heterocycles. The number of imidazole rings is 1. The number of nitriles is 1. The monoisotopic (exact) mass is 232 g/mol. The average molecular weight is 232 g/mol. The third-order valence-corrected chi connectivity index (χ3v) is 3.09. The highest BCUT2D eigenvalue weighted by atomic mass is 15.1. The van der Waals surface area contributed by atoms with Crippen LogP contribution in [-0.4, -0.2) is 21.6 Å². The van der Waals surface area contributed by atoms with Crippen molar-refractivity contribution >= 4 is 0 Å². The first-order chi connectivity index (χ1) is 8.20. The van der Waals surface area contributed by atoms with Crippen molar-refractivity contribution in [3.05, 3.63) is 18.2 Å². The molecule has 92 valence electrons. The van der Waals surface area contributed by atoms with E-state index < -0.39 is 0 Å². The predicted octanol–water partition coefficient (Wildman–Crippen LogP) is 2.04. The summed E-state index contributed by atoms with van der Waals surface area (Å²) in [7, 11) is 0. The minimum atomic E-state index is -0.0232. The highest BCUT2D eigenvalue weighted by Gasteiger charge is 2.24. The third kappa shape index (κ3) is 3.31. The van der Waals surface area contributed by atoms with Crippen LogP contribution in [0.5, 0.6) is 0 Å². The van der Waals surface area contributed by atoms with Gasteiger partial charge in [0.05, 0.1) is 12.1 Å². The maximum Gasteiger partial charge on any atom is 0.111 e. The van der Waals surface area contributed by atoms with Crippen LogP contribution in [0.1, 0.15) is 44.9 Å². The van der Waals surface area contributed by atoms with E-state index >= 15 is 0 Å². The summed E-state index contributed by atoms with van der Waals surface area (Å²) in [5, 5.41) is 12.4. The number of hydrogen-bond acceptors (Lipinski definition) is 3. The molecule has 0 aliphatic heterocycles. The largest absolute Gasteiger partial charge is 0.335 e. The summed E-state index contributed by atoms with van der Waals surface area (Å²) in [6.45, 7) is 5.15. The van der Waals surface area contributed by atoms with Crippen LogP contribution in [-0.2, 0) is 6.54 Å². The van der Waals surface area contributed by atoms with Crippen molar-refractivity contribution in [3.8, 4) is 6.07 Å². The topological polar surface area (TPSA) is 53.6 Å². The lowest BCUT2D eigenvalue weighted by atomic mass is 10.2. The second-order valence-electron chi connectivity index (χ2n) is 5.04. The lowest BCUT2D eigenvalue weighted by Gasteiger charge is -2.13. The predicted molar refractivity (Wildman–Crippen MR) is 66.5 cm³/mol. The molecule has 1 aliphatic carbocycles. The standard InChI is InChI=1S/C13H20N4/c1-10(2)13-15-6-8-17(13)7-5-12(9-14)16-11-3-4-11/h6,8,10-12,16H,3-5,7H2,1-2H3. The Labute approximate surface area is 103 Å². The van der Waals surface area contributed by atoms with Gasteiger partial charge in [-0.15, -0.1) is 0 Å². The van der Waals surface area contributed by atoms with Crippen LogP contribution in [0.25, 0.3) is 0 Å². The van der Waals surface area contributed by atoms with Gasteiger partial charge in [0.1, 0.15) is 5.82 Å². The van der Waals surface area contributed by atoms with Gasteiger partial charge in [0.25, 0.3) is 0 Å². The summed E-state index contributed by atoms with van der Waals surface area (Å²) < 4.78 is 2.16. The normalized spacial score (nSPS) is 17.1. The van der Waals surface area contributed by atoms with Crippen molar-refractivity contribution in [1.29, 1.82) is 5.26 Å². The highest BCUT2D eigenvalue weighted by molar-refractivity contribution is 5.00. The van der Waals surface area contributed by atoms with Crippen molar-refractivity contribution in [1.82, 2.24) is 14.9 Å². The number of aryl methyl sites for hydroxylation is 1. The Morgan fingerprint density at radius 3 is 2.94 bits per heavy atom. The first kappa shape index (κ1) is 12.1. The lowest BCUT2D eigenvalue weighted by Crippen LogP contribution is -2.30. The van der Waals surface area contributed by atoms with E-state index in [9.17, 15) is 0 Å². The number of rotatable bonds is 6. The Balaban J connectivity index is 1.87. The molecule has 4 nitrogen and oxygen atoms in total. The number of aromatic nitrogens is 2. The summed E-state index contributed by atoms with van der Waals surface area (Å²) in [6, 6.07) is 2.91. The number of nitrogens with zero attached hydrogens (tertiary/aromatic N) is 3. The minimum absolute atomic E-state index is 0.0232.